The predicted octanol–water partition coefficient (Wildman–Crippen LogP) is -2.50. The lowest BCUT2D eigenvalue weighted by molar-refractivity contribution is -0.131. The Morgan fingerprint density at radius 1 is 0.739 bits per heavy atom. The smallest absolute Gasteiger partial charge is 0.336 e. The number of carbonyl (C=O) groups is 3. The topological polar surface area (TPSA) is 337 Å². The highest BCUT2D eigenvalue weighted by Gasteiger charge is 2.28. The molecule has 0 saturated carbocycles. The Hall–Kier alpha value is -5.39. The minimum Gasteiger partial charge on any atom is -0.423 e. The van der Waals surface area contributed by atoms with E-state index in [2.05, 4.69) is 30.9 Å². The monoisotopic (exact) mass is 643 g/mol. The number of amides is 3. The van der Waals surface area contributed by atoms with Crippen molar-refractivity contribution in [2.45, 2.75) is 63.6 Å². The van der Waals surface area contributed by atoms with E-state index in [-0.39, 0.29) is 62.4 Å². The zero-order valence-electron chi connectivity index (χ0n) is 25.8. The lowest BCUT2D eigenvalue weighted by Crippen LogP contribution is -2.55. The van der Waals surface area contributed by atoms with Crippen molar-refractivity contribution >= 4 is 52.3 Å². The molecule has 0 saturated heterocycles. The number of fused-ring (bicyclic) bond motifs is 1. The molecular weight excluding hydrogens is 598 g/mol. The molecule has 3 amide bonds. The van der Waals surface area contributed by atoms with Gasteiger partial charge in [-0.1, -0.05) is 0 Å². The molecule has 0 fully saturated rings. The molecule has 3 unspecified atom stereocenters. The van der Waals surface area contributed by atoms with E-state index in [0.29, 0.717) is 30.3 Å². The van der Waals surface area contributed by atoms with E-state index in [0.717, 1.165) is 5.56 Å². The summed E-state index contributed by atoms with van der Waals surface area (Å²) in [6.45, 7) is 2.46. The molecule has 0 aliphatic carbocycles. The Morgan fingerprint density at radius 3 is 1.78 bits per heavy atom. The summed E-state index contributed by atoms with van der Waals surface area (Å²) in [5.41, 5.74) is 39.1. The van der Waals surface area contributed by atoms with Crippen LogP contribution in [0.2, 0.25) is 0 Å². The van der Waals surface area contributed by atoms with E-state index >= 15 is 0 Å². The van der Waals surface area contributed by atoms with Gasteiger partial charge >= 0.3 is 5.63 Å². The zero-order valence-corrected chi connectivity index (χ0v) is 25.8. The number of benzene rings is 1. The molecule has 17 N–H and O–H groups in total. The van der Waals surface area contributed by atoms with Gasteiger partial charge in [-0.2, -0.15) is 0 Å². The highest BCUT2D eigenvalue weighted by atomic mass is 16.4. The average molecular weight is 644 g/mol. The maximum absolute atomic E-state index is 13.5. The summed E-state index contributed by atoms with van der Waals surface area (Å²) in [4.78, 5) is 63.4. The number of anilines is 1. The number of aliphatic imine (C=N–C) groups is 3. The third kappa shape index (κ3) is 13.1. The molecule has 2 aromatic rings. The van der Waals surface area contributed by atoms with Crippen molar-refractivity contribution < 1.29 is 18.8 Å². The number of carbonyl (C=O) groups excluding carboxylic acids is 3. The van der Waals surface area contributed by atoms with E-state index in [1.807, 2.05) is 0 Å². The number of nitrogens with zero attached hydrogens (tertiary/aromatic N) is 3. The van der Waals surface area contributed by atoms with Crippen LogP contribution in [0.3, 0.4) is 0 Å². The summed E-state index contributed by atoms with van der Waals surface area (Å²) in [7, 11) is 0. The summed E-state index contributed by atoms with van der Waals surface area (Å²) < 4.78 is 5.27. The number of aryl methyl sites for hydroxylation is 1. The Morgan fingerprint density at radius 2 is 1.24 bits per heavy atom. The van der Waals surface area contributed by atoms with E-state index in [9.17, 15) is 19.2 Å². The molecule has 0 spiro atoms. The molecule has 0 aliphatic rings. The number of guanidine groups is 3. The maximum Gasteiger partial charge on any atom is 0.336 e. The van der Waals surface area contributed by atoms with Crippen LogP contribution in [0.5, 0.6) is 0 Å². The van der Waals surface area contributed by atoms with Crippen molar-refractivity contribution in [3.05, 3.63) is 40.2 Å². The van der Waals surface area contributed by atoms with Crippen LogP contribution in [-0.4, -0.2) is 73.4 Å². The molecule has 0 aliphatic heterocycles. The number of nitrogens with one attached hydrogen (secondary N) is 3. The van der Waals surface area contributed by atoms with Gasteiger partial charge in [-0.3, -0.25) is 29.4 Å². The van der Waals surface area contributed by atoms with Crippen molar-refractivity contribution in [3.8, 4) is 0 Å². The normalized spacial score (nSPS) is 12.7. The molecule has 3 atom stereocenters. The van der Waals surface area contributed by atoms with E-state index in [1.165, 1.54) is 12.1 Å². The SMILES string of the molecule is Cc1cc(=O)oc2cc(NC(=O)C(CCCN=C(N)N)NC(=O)C(CCCN=C(N)N)NC(=O)C(N)CCCN=C(N)N)ccc12. The minimum atomic E-state index is -1.07. The third-order valence-electron chi connectivity index (χ3n) is 6.68. The number of hydrogen-bond donors (Lipinski definition) is 10. The highest BCUT2D eigenvalue weighted by molar-refractivity contribution is 5.99. The van der Waals surface area contributed by atoms with Gasteiger partial charge in [0, 0.05) is 42.8 Å². The minimum absolute atomic E-state index is 0.0743. The molecule has 1 aromatic carbocycles. The van der Waals surface area contributed by atoms with E-state index in [4.69, 9.17) is 44.6 Å². The van der Waals surface area contributed by atoms with Gasteiger partial charge in [0.05, 0.1) is 6.04 Å². The average Bonchev–Trinajstić information content (AvgIpc) is 2.97. The second kappa shape index (κ2) is 18.4. The van der Waals surface area contributed by atoms with Crippen LogP contribution < -0.4 is 61.7 Å². The van der Waals surface area contributed by atoms with Gasteiger partial charge < -0.3 is 60.5 Å². The van der Waals surface area contributed by atoms with Crippen LogP contribution in [0.1, 0.15) is 44.1 Å². The summed E-state index contributed by atoms with van der Waals surface area (Å²) in [5, 5.41) is 8.83. The van der Waals surface area contributed by atoms with Gasteiger partial charge in [0.1, 0.15) is 17.7 Å². The molecule has 0 bridgehead atoms. The van der Waals surface area contributed by atoms with E-state index in [1.54, 1.807) is 19.1 Å². The molecule has 2 rings (SSSR count). The van der Waals surface area contributed by atoms with Gasteiger partial charge in [0.2, 0.25) is 17.7 Å². The fraction of sp³-hybridized carbons (Fsp3) is 0.464. The summed E-state index contributed by atoms with van der Waals surface area (Å²) >= 11 is 0. The lowest BCUT2D eigenvalue weighted by Gasteiger charge is -2.24. The van der Waals surface area contributed by atoms with Crippen molar-refractivity contribution in [1.29, 1.82) is 0 Å². The van der Waals surface area contributed by atoms with Crippen LogP contribution in [0.25, 0.3) is 11.0 Å². The second-order valence-electron chi connectivity index (χ2n) is 10.5. The van der Waals surface area contributed by atoms with Crippen molar-refractivity contribution in [1.82, 2.24) is 10.6 Å². The van der Waals surface area contributed by atoms with Crippen molar-refractivity contribution in [2.24, 2.45) is 55.1 Å². The van der Waals surface area contributed by atoms with E-state index < -0.39 is 41.5 Å². The number of hydrogen-bond acceptors (Lipinski definition) is 9. The molecule has 46 heavy (non-hydrogen) atoms. The lowest BCUT2D eigenvalue weighted by atomic mass is 10.1. The first-order chi connectivity index (χ1) is 21.8. The van der Waals surface area contributed by atoms with Crippen molar-refractivity contribution in [2.75, 3.05) is 25.0 Å². The highest BCUT2D eigenvalue weighted by Crippen LogP contribution is 2.21. The quantitative estimate of drug-likeness (QED) is 0.0349. The van der Waals surface area contributed by atoms with Gasteiger partial charge in [0.25, 0.3) is 0 Å². The first-order valence-corrected chi connectivity index (χ1v) is 14.6. The van der Waals surface area contributed by atoms with Crippen molar-refractivity contribution in [3.63, 3.8) is 0 Å². The number of rotatable bonds is 18. The summed E-state index contributed by atoms with van der Waals surface area (Å²) in [6.07, 6.45) is 1.65. The molecule has 1 aromatic heterocycles. The van der Waals surface area contributed by atoms with Gasteiger partial charge in [-0.25, -0.2) is 4.79 Å². The van der Waals surface area contributed by atoms with Crippen LogP contribution in [0, 0.1) is 6.92 Å². The standard InChI is InChI=1S/C28H45N13O5/c1-15-13-22(42)46-21-14-16(8-9-17(15)21)39-24(44)19(6-3-11-37-27(32)33)41-25(45)20(7-4-12-38-28(34)35)40-23(43)18(29)5-2-10-36-26(30)31/h8-9,13-14,18-20H,2-7,10-12,29H2,1H3,(H,39,44)(H,40,43)(H,41,45)(H4,30,31,36)(H4,32,33,37)(H4,34,35,38). The molecule has 252 valence electrons. The largest absolute Gasteiger partial charge is 0.423 e. The fourth-order valence-electron chi connectivity index (χ4n) is 4.38. The van der Waals surface area contributed by atoms with Crippen LogP contribution in [0.4, 0.5) is 5.69 Å². The molecule has 18 heteroatoms. The second-order valence-corrected chi connectivity index (χ2v) is 10.5. The fourth-order valence-corrected chi connectivity index (χ4v) is 4.38. The van der Waals surface area contributed by atoms with Crippen LogP contribution in [-0.2, 0) is 14.4 Å². The first-order valence-electron chi connectivity index (χ1n) is 14.6. The first kappa shape index (κ1) is 36.8. The van der Waals surface area contributed by atoms with Gasteiger partial charge in [0.15, 0.2) is 17.9 Å². The summed E-state index contributed by atoms with van der Waals surface area (Å²) in [5.74, 6) is -2.07. The Balaban J connectivity index is 2.23. The maximum atomic E-state index is 13.5. The van der Waals surface area contributed by atoms with Gasteiger partial charge in [-0.15, -0.1) is 0 Å². The molecule has 1 heterocycles. The molecular formula is C28H45N13O5. The molecule has 18 nitrogen and oxygen atoms in total. The Bertz CT molecular complexity index is 1490. The third-order valence-corrected chi connectivity index (χ3v) is 6.68. The molecule has 0 radical (unpaired) electrons. The Labute approximate surface area is 265 Å². The van der Waals surface area contributed by atoms with Crippen LogP contribution >= 0.6 is 0 Å². The van der Waals surface area contributed by atoms with Gasteiger partial charge in [-0.05, 0) is 63.1 Å². The zero-order chi connectivity index (χ0) is 34.2. The Kier molecular flexibility index (Phi) is 14.7. The summed E-state index contributed by atoms with van der Waals surface area (Å²) in [6, 6.07) is 3.15. The van der Waals surface area contributed by atoms with Crippen LogP contribution in [0.15, 0.2) is 48.5 Å². The predicted molar refractivity (Wildman–Crippen MR) is 177 cm³/mol. The number of nitrogens with two attached hydrogens (primary N) is 7.